The maximum absolute atomic E-state index is 14.0. The number of methoxy groups -OCH3 is 2. The van der Waals surface area contributed by atoms with Crippen molar-refractivity contribution in [3.05, 3.63) is 90.0 Å². The molecule has 0 aliphatic carbocycles. The van der Waals surface area contributed by atoms with Gasteiger partial charge in [-0.15, -0.1) is 0 Å². The number of nitrogens with one attached hydrogen (secondary N) is 1. The van der Waals surface area contributed by atoms with Crippen LogP contribution in [0.2, 0.25) is 0 Å². The zero-order valence-electron chi connectivity index (χ0n) is 25.7. The largest absolute Gasteiger partial charge is 0.497 e. The lowest BCUT2D eigenvalue weighted by molar-refractivity contribution is -0.141. The Bertz CT molecular complexity index is 1430. The smallest absolute Gasteiger partial charge is 0.243 e. The molecule has 0 aliphatic rings. The zero-order chi connectivity index (χ0) is 31.4. The molecule has 1 atom stereocenters. The Morgan fingerprint density at radius 2 is 1.51 bits per heavy atom. The van der Waals surface area contributed by atoms with Crippen LogP contribution in [0.15, 0.2) is 78.9 Å². The van der Waals surface area contributed by atoms with Gasteiger partial charge in [-0.05, 0) is 59.9 Å². The fourth-order valence-electron chi connectivity index (χ4n) is 4.70. The van der Waals surface area contributed by atoms with E-state index in [1.165, 1.54) is 4.31 Å². The first-order valence-corrected chi connectivity index (χ1v) is 16.2. The van der Waals surface area contributed by atoms with E-state index in [1.807, 2.05) is 68.4 Å². The maximum atomic E-state index is 14.0. The minimum Gasteiger partial charge on any atom is -0.497 e. The monoisotopic (exact) mass is 609 g/mol. The predicted molar refractivity (Wildman–Crippen MR) is 170 cm³/mol. The van der Waals surface area contributed by atoms with Gasteiger partial charge >= 0.3 is 0 Å². The van der Waals surface area contributed by atoms with Gasteiger partial charge in [0.05, 0.1) is 26.2 Å². The number of nitrogens with zero attached hydrogens (tertiary/aromatic N) is 2. The van der Waals surface area contributed by atoms with E-state index in [9.17, 15) is 18.0 Å². The number of carbonyl (C=O) groups excluding carboxylic acids is 2. The van der Waals surface area contributed by atoms with Gasteiger partial charge in [-0.3, -0.25) is 13.9 Å². The summed E-state index contributed by atoms with van der Waals surface area (Å²) in [5.74, 6) is 1.03. The third kappa shape index (κ3) is 10.3. The van der Waals surface area contributed by atoms with E-state index >= 15 is 0 Å². The molecule has 9 nitrogen and oxygen atoms in total. The van der Waals surface area contributed by atoms with Gasteiger partial charge in [0, 0.05) is 32.5 Å². The fourth-order valence-corrected chi connectivity index (χ4v) is 5.66. The van der Waals surface area contributed by atoms with Crippen LogP contribution < -0.4 is 19.1 Å². The molecule has 2 amide bonds. The summed E-state index contributed by atoms with van der Waals surface area (Å²) in [6, 6.07) is 23.0. The normalized spacial score (nSPS) is 12.0. The van der Waals surface area contributed by atoms with E-state index in [2.05, 4.69) is 5.32 Å². The Labute approximate surface area is 255 Å². The molecular weight excluding hydrogens is 566 g/mol. The Hall–Kier alpha value is -4.05. The highest BCUT2D eigenvalue weighted by Gasteiger charge is 2.30. The van der Waals surface area contributed by atoms with Crippen molar-refractivity contribution in [3.8, 4) is 11.5 Å². The number of benzene rings is 3. The number of amides is 2. The maximum Gasteiger partial charge on any atom is 0.243 e. The summed E-state index contributed by atoms with van der Waals surface area (Å²) >= 11 is 0. The van der Waals surface area contributed by atoms with Crippen LogP contribution in [0, 0.1) is 5.92 Å². The molecule has 232 valence electrons. The van der Waals surface area contributed by atoms with Crippen LogP contribution in [0.3, 0.4) is 0 Å². The van der Waals surface area contributed by atoms with Crippen molar-refractivity contribution in [1.82, 2.24) is 10.2 Å². The quantitative estimate of drug-likeness (QED) is 0.253. The summed E-state index contributed by atoms with van der Waals surface area (Å²) < 4.78 is 37.2. The van der Waals surface area contributed by atoms with E-state index in [0.29, 0.717) is 30.2 Å². The number of anilines is 1. The summed E-state index contributed by atoms with van der Waals surface area (Å²) in [6.07, 6.45) is 1.79. The van der Waals surface area contributed by atoms with E-state index in [0.717, 1.165) is 17.4 Å². The summed E-state index contributed by atoms with van der Waals surface area (Å²) in [6.45, 7) is 4.81. The summed E-state index contributed by atoms with van der Waals surface area (Å²) in [4.78, 5) is 29.2. The lowest BCUT2D eigenvalue weighted by Crippen LogP contribution is -2.51. The van der Waals surface area contributed by atoms with Gasteiger partial charge in [0.15, 0.2) is 0 Å². The molecular formula is C33H43N3O6S. The van der Waals surface area contributed by atoms with Crippen LogP contribution in [0.1, 0.15) is 37.8 Å². The number of carbonyl (C=O) groups is 2. The Morgan fingerprint density at radius 3 is 2.12 bits per heavy atom. The highest BCUT2D eigenvalue weighted by atomic mass is 32.2. The number of ether oxygens (including phenoxy) is 2. The Balaban J connectivity index is 1.89. The van der Waals surface area contributed by atoms with Crippen molar-refractivity contribution < 1.29 is 27.5 Å². The van der Waals surface area contributed by atoms with E-state index in [1.54, 1.807) is 43.4 Å². The number of sulfonamides is 1. The molecule has 3 aromatic carbocycles. The average Bonchev–Trinajstić information content (AvgIpc) is 2.99. The van der Waals surface area contributed by atoms with Crippen LogP contribution in [0.5, 0.6) is 11.5 Å². The molecule has 1 N–H and O–H groups in total. The molecule has 0 saturated heterocycles. The predicted octanol–water partition coefficient (Wildman–Crippen LogP) is 4.66. The van der Waals surface area contributed by atoms with Crippen molar-refractivity contribution >= 4 is 27.5 Å². The highest BCUT2D eigenvalue weighted by molar-refractivity contribution is 7.92. The lowest BCUT2D eigenvalue weighted by atomic mass is 10.0. The van der Waals surface area contributed by atoms with Gasteiger partial charge in [0.25, 0.3) is 0 Å². The van der Waals surface area contributed by atoms with E-state index in [4.69, 9.17) is 9.47 Å². The molecule has 10 heteroatoms. The first kappa shape index (κ1) is 33.5. The molecule has 0 spiro atoms. The van der Waals surface area contributed by atoms with E-state index in [-0.39, 0.29) is 43.7 Å². The molecule has 0 radical (unpaired) electrons. The van der Waals surface area contributed by atoms with Crippen LogP contribution >= 0.6 is 0 Å². The standard InChI is InChI=1S/C33H43N3O6S/c1-25(2)23-34-33(38)31(22-26-11-7-6-8-12-26)35(24-27-13-9-14-30(21-27)42-4)32(37)15-10-20-36(43(5,39)40)28-16-18-29(41-3)19-17-28/h6-9,11-14,16-19,21,25,31H,10,15,20,22-24H2,1-5H3,(H,34,38)/t31-/m0/s1. The van der Waals surface area contributed by atoms with Gasteiger partial charge in [-0.2, -0.15) is 0 Å². The molecule has 0 fully saturated rings. The molecule has 43 heavy (non-hydrogen) atoms. The molecule has 3 aromatic rings. The van der Waals surface area contributed by atoms with Gasteiger partial charge in [-0.1, -0.05) is 56.3 Å². The zero-order valence-corrected chi connectivity index (χ0v) is 26.5. The Kier molecular flexibility index (Phi) is 12.4. The molecule has 0 saturated carbocycles. The van der Waals surface area contributed by atoms with Crippen molar-refractivity contribution in [2.24, 2.45) is 5.92 Å². The van der Waals surface area contributed by atoms with Gasteiger partial charge < -0.3 is 19.7 Å². The molecule has 3 rings (SSSR count). The number of rotatable bonds is 16. The minimum atomic E-state index is -3.61. The summed E-state index contributed by atoms with van der Waals surface area (Å²) in [5, 5.41) is 3.02. The Morgan fingerprint density at radius 1 is 0.860 bits per heavy atom. The van der Waals surface area contributed by atoms with Crippen LogP contribution in [-0.2, 0) is 32.6 Å². The SMILES string of the molecule is COc1ccc(N(CCCC(=O)N(Cc2cccc(OC)c2)[C@@H](Cc2ccccc2)C(=O)NCC(C)C)S(C)(=O)=O)cc1. The number of hydrogen-bond acceptors (Lipinski definition) is 6. The van der Waals surface area contributed by atoms with Crippen molar-refractivity contribution in [3.63, 3.8) is 0 Å². The second-order valence-corrected chi connectivity index (χ2v) is 12.8. The topological polar surface area (TPSA) is 105 Å². The van der Waals surface area contributed by atoms with E-state index < -0.39 is 16.1 Å². The number of hydrogen-bond donors (Lipinski definition) is 1. The third-order valence-electron chi connectivity index (χ3n) is 6.96. The van der Waals surface area contributed by atoms with Gasteiger partial charge in [0.1, 0.15) is 17.5 Å². The first-order valence-electron chi connectivity index (χ1n) is 14.4. The van der Waals surface area contributed by atoms with Crippen LogP contribution in [0.25, 0.3) is 0 Å². The third-order valence-corrected chi connectivity index (χ3v) is 8.15. The molecule has 0 bridgehead atoms. The first-order chi connectivity index (χ1) is 20.5. The van der Waals surface area contributed by atoms with Gasteiger partial charge in [0.2, 0.25) is 21.8 Å². The highest BCUT2D eigenvalue weighted by Crippen LogP contribution is 2.23. The fraction of sp³-hybridized carbons (Fsp3) is 0.394. The van der Waals surface area contributed by atoms with Crippen LogP contribution in [0.4, 0.5) is 5.69 Å². The average molecular weight is 610 g/mol. The summed E-state index contributed by atoms with van der Waals surface area (Å²) in [5.41, 5.74) is 2.23. The van der Waals surface area contributed by atoms with Crippen molar-refractivity contribution in [2.75, 3.05) is 37.9 Å². The van der Waals surface area contributed by atoms with Crippen LogP contribution in [-0.4, -0.2) is 64.7 Å². The molecule has 0 aliphatic heterocycles. The second kappa shape index (κ2) is 16.0. The molecule has 0 heterocycles. The van der Waals surface area contributed by atoms with Gasteiger partial charge in [-0.25, -0.2) is 8.42 Å². The molecule has 0 aromatic heterocycles. The lowest BCUT2D eigenvalue weighted by Gasteiger charge is -2.32. The second-order valence-electron chi connectivity index (χ2n) is 10.9. The minimum absolute atomic E-state index is 0.0505. The molecule has 0 unspecified atom stereocenters. The summed E-state index contributed by atoms with van der Waals surface area (Å²) in [7, 11) is -0.487. The van der Waals surface area contributed by atoms with Crippen molar-refractivity contribution in [2.45, 2.75) is 45.7 Å². The van der Waals surface area contributed by atoms with Crippen molar-refractivity contribution in [1.29, 1.82) is 0 Å².